The molecular formula is C23H26N6O3. The zero-order chi connectivity index (χ0) is 22.3. The number of rotatable bonds is 7. The van der Waals surface area contributed by atoms with E-state index in [0.29, 0.717) is 49.0 Å². The van der Waals surface area contributed by atoms with Gasteiger partial charge in [-0.3, -0.25) is 14.6 Å². The molecule has 1 amide bonds. The second kappa shape index (κ2) is 10.1. The largest absolute Gasteiger partial charge is 0.378 e. The van der Waals surface area contributed by atoms with Crippen molar-refractivity contribution in [2.45, 2.75) is 26.3 Å². The summed E-state index contributed by atoms with van der Waals surface area (Å²) in [7, 11) is 0. The maximum absolute atomic E-state index is 12.5. The minimum absolute atomic E-state index is 0.130. The molecule has 166 valence electrons. The average Bonchev–Trinajstić information content (AvgIpc) is 2.83. The molecule has 3 aromatic rings. The van der Waals surface area contributed by atoms with E-state index in [2.05, 4.69) is 30.2 Å². The van der Waals surface area contributed by atoms with Gasteiger partial charge in [-0.2, -0.15) is 0 Å². The third kappa shape index (κ3) is 5.36. The summed E-state index contributed by atoms with van der Waals surface area (Å²) >= 11 is 0. The number of H-pyrrole nitrogens is 1. The quantitative estimate of drug-likeness (QED) is 0.581. The fourth-order valence-electron chi connectivity index (χ4n) is 3.56. The molecule has 2 N–H and O–H groups in total. The average molecular weight is 435 g/mol. The second-order valence-electron chi connectivity index (χ2n) is 7.59. The maximum atomic E-state index is 12.5. The maximum Gasteiger partial charge on any atom is 0.254 e. The molecule has 9 heteroatoms. The van der Waals surface area contributed by atoms with Gasteiger partial charge >= 0.3 is 0 Å². The predicted octanol–water partition coefficient (Wildman–Crippen LogP) is 1.62. The van der Waals surface area contributed by atoms with Crippen molar-refractivity contribution in [2.75, 3.05) is 31.2 Å². The van der Waals surface area contributed by atoms with E-state index in [1.165, 1.54) is 0 Å². The first-order valence-electron chi connectivity index (χ1n) is 10.7. The van der Waals surface area contributed by atoms with Gasteiger partial charge in [-0.15, -0.1) is 0 Å². The van der Waals surface area contributed by atoms with Crippen molar-refractivity contribution in [3.05, 3.63) is 69.9 Å². The van der Waals surface area contributed by atoms with Crippen LogP contribution >= 0.6 is 0 Å². The van der Waals surface area contributed by atoms with Crippen molar-refractivity contribution in [3.8, 4) is 11.5 Å². The van der Waals surface area contributed by atoms with Crippen molar-refractivity contribution >= 4 is 11.7 Å². The Balaban J connectivity index is 1.30. The molecule has 0 unspecified atom stereocenters. The molecular weight excluding hydrogens is 408 g/mol. The Bertz CT molecular complexity index is 1110. The van der Waals surface area contributed by atoms with Crippen LogP contribution in [0.15, 0.2) is 47.5 Å². The summed E-state index contributed by atoms with van der Waals surface area (Å²) in [6, 6.07) is 9.35. The number of ether oxygens (including phenoxy) is 1. The highest BCUT2D eigenvalue weighted by Gasteiger charge is 2.13. The summed E-state index contributed by atoms with van der Waals surface area (Å²) in [5.41, 5.74) is 2.39. The number of nitrogens with one attached hydrogen (secondary N) is 2. The van der Waals surface area contributed by atoms with E-state index < -0.39 is 0 Å². The topological polar surface area (TPSA) is 113 Å². The molecule has 0 saturated carbocycles. The smallest absolute Gasteiger partial charge is 0.254 e. The Morgan fingerprint density at radius 2 is 2.03 bits per heavy atom. The van der Waals surface area contributed by atoms with Gasteiger partial charge in [0, 0.05) is 49.7 Å². The summed E-state index contributed by atoms with van der Waals surface area (Å²) in [5, 5.41) is 2.89. The van der Waals surface area contributed by atoms with E-state index in [-0.39, 0.29) is 17.9 Å². The Morgan fingerprint density at radius 1 is 1.19 bits per heavy atom. The SMILES string of the molecule is Cc1nc(-c2ccccn2)[nH]c(=O)c1CCC(=O)NCc1ccc(N2CCOCC2)nc1. The highest BCUT2D eigenvalue weighted by molar-refractivity contribution is 5.76. The van der Waals surface area contributed by atoms with Crippen LogP contribution in [0.3, 0.4) is 0 Å². The van der Waals surface area contributed by atoms with Crippen LogP contribution in [-0.4, -0.2) is 52.1 Å². The number of aryl methyl sites for hydroxylation is 1. The number of hydrogen-bond donors (Lipinski definition) is 2. The van der Waals surface area contributed by atoms with E-state index in [1.807, 2.05) is 18.2 Å². The lowest BCUT2D eigenvalue weighted by atomic mass is 10.1. The fourth-order valence-corrected chi connectivity index (χ4v) is 3.56. The highest BCUT2D eigenvalue weighted by Crippen LogP contribution is 2.14. The predicted molar refractivity (Wildman–Crippen MR) is 120 cm³/mol. The number of nitrogens with zero attached hydrogens (tertiary/aromatic N) is 4. The Labute approximate surface area is 185 Å². The summed E-state index contributed by atoms with van der Waals surface area (Å²) in [5.74, 6) is 1.21. The summed E-state index contributed by atoms with van der Waals surface area (Å²) in [6.45, 7) is 5.25. The molecule has 0 aliphatic carbocycles. The van der Waals surface area contributed by atoms with Crippen molar-refractivity contribution < 1.29 is 9.53 Å². The molecule has 3 aromatic heterocycles. The zero-order valence-corrected chi connectivity index (χ0v) is 18.0. The summed E-state index contributed by atoms with van der Waals surface area (Å²) in [4.78, 5) is 42.9. The van der Waals surface area contributed by atoms with Crippen LogP contribution in [0.4, 0.5) is 5.82 Å². The van der Waals surface area contributed by atoms with Crippen LogP contribution in [0.5, 0.6) is 0 Å². The third-order valence-corrected chi connectivity index (χ3v) is 5.37. The zero-order valence-electron chi connectivity index (χ0n) is 18.0. The minimum atomic E-state index is -0.242. The Kier molecular flexibility index (Phi) is 6.86. The van der Waals surface area contributed by atoms with E-state index >= 15 is 0 Å². The van der Waals surface area contributed by atoms with Gasteiger partial charge in [-0.1, -0.05) is 12.1 Å². The minimum Gasteiger partial charge on any atom is -0.378 e. The molecule has 1 fully saturated rings. The van der Waals surface area contributed by atoms with Gasteiger partial charge < -0.3 is 19.9 Å². The van der Waals surface area contributed by atoms with E-state index in [4.69, 9.17) is 4.74 Å². The first-order valence-corrected chi connectivity index (χ1v) is 10.7. The Morgan fingerprint density at radius 3 is 2.72 bits per heavy atom. The molecule has 0 atom stereocenters. The number of pyridine rings is 2. The number of amides is 1. The first-order chi connectivity index (χ1) is 15.6. The van der Waals surface area contributed by atoms with Gasteiger partial charge in [0.2, 0.25) is 5.91 Å². The number of aromatic amines is 1. The molecule has 9 nitrogen and oxygen atoms in total. The number of carbonyl (C=O) groups is 1. The standard InChI is InChI=1S/C23H26N6O3/c1-16-18(23(31)28-22(27-16)19-4-2-3-9-24-19)6-8-21(30)26-15-17-5-7-20(25-14-17)29-10-12-32-13-11-29/h2-5,7,9,14H,6,8,10-13,15H2,1H3,(H,26,30)(H,27,28,31). The monoisotopic (exact) mass is 434 g/mol. The number of aromatic nitrogens is 4. The molecule has 4 rings (SSSR count). The Hall–Kier alpha value is -3.59. The number of morpholine rings is 1. The van der Waals surface area contributed by atoms with Gasteiger partial charge in [-0.25, -0.2) is 9.97 Å². The van der Waals surface area contributed by atoms with Gasteiger partial charge in [0.25, 0.3) is 5.56 Å². The van der Waals surface area contributed by atoms with Crippen molar-refractivity contribution in [1.82, 2.24) is 25.3 Å². The van der Waals surface area contributed by atoms with Crippen LogP contribution in [0.25, 0.3) is 11.5 Å². The number of anilines is 1. The molecule has 0 aromatic carbocycles. The van der Waals surface area contributed by atoms with Crippen LogP contribution in [0.2, 0.25) is 0 Å². The molecule has 1 aliphatic rings. The van der Waals surface area contributed by atoms with Crippen LogP contribution < -0.4 is 15.8 Å². The number of carbonyl (C=O) groups excluding carboxylic acids is 1. The summed E-state index contributed by atoms with van der Waals surface area (Å²) < 4.78 is 5.36. The van der Waals surface area contributed by atoms with Gasteiger partial charge in [-0.05, 0) is 37.1 Å². The van der Waals surface area contributed by atoms with Gasteiger partial charge in [0.1, 0.15) is 11.5 Å². The highest BCUT2D eigenvalue weighted by atomic mass is 16.5. The van der Waals surface area contributed by atoms with Crippen LogP contribution in [0.1, 0.15) is 23.2 Å². The van der Waals surface area contributed by atoms with E-state index in [1.54, 1.807) is 31.5 Å². The fraction of sp³-hybridized carbons (Fsp3) is 0.348. The van der Waals surface area contributed by atoms with Gasteiger partial charge in [0.15, 0.2) is 5.82 Å². The third-order valence-electron chi connectivity index (χ3n) is 5.37. The molecule has 0 spiro atoms. The van der Waals surface area contributed by atoms with Crippen molar-refractivity contribution in [1.29, 1.82) is 0 Å². The van der Waals surface area contributed by atoms with E-state index in [0.717, 1.165) is 24.5 Å². The molecule has 0 radical (unpaired) electrons. The van der Waals surface area contributed by atoms with Crippen LogP contribution in [0, 0.1) is 6.92 Å². The van der Waals surface area contributed by atoms with Gasteiger partial charge in [0.05, 0.1) is 13.2 Å². The molecule has 4 heterocycles. The molecule has 1 saturated heterocycles. The molecule has 0 bridgehead atoms. The summed E-state index contributed by atoms with van der Waals surface area (Å²) in [6.07, 6.45) is 3.94. The molecule has 1 aliphatic heterocycles. The lowest BCUT2D eigenvalue weighted by molar-refractivity contribution is -0.121. The normalized spacial score (nSPS) is 13.7. The van der Waals surface area contributed by atoms with E-state index in [9.17, 15) is 9.59 Å². The van der Waals surface area contributed by atoms with Crippen molar-refractivity contribution in [2.24, 2.45) is 0 Å². The molecule has 32 heavy (non-hydrogen) atoms. The first kappa shape index (κ1) is 21.6. The lowest BCUT2D eigenvalue weighted by Gasteiger charge is -2.27. The van der Waals surface area contributed by atoms with Crippen LogP contribution in [-0.2, 0) is 22.5 Å². The van der Waals surface area contributed by atoms with Crippen molar-refractivity contribution in [3.63, 3.8) is 0 Å². The number of hydrogen-bond acceptors (Lipinski definition) is 7. The second-order valence-corrected chi connectivity index (χ2v) is 7.59. The lowest BCUT2D eigenvalue weighted by Crippen LogP contribution is -2.36.